The van der Waals surface area contributed by atoms with Crippen LogP contribution in [-0.4, -0.2) is 34.5 Å². The van der Waals surface area contributed by atoms with Crippen LogP contribution in [0.5, 0.6) is 11.5 Å². The summed E-state index contributed by atoms with van der Waals surface area (Å²) in [5, 5.41) is 29.1. The van der Waals surface area contributed by atoms with Crippen LogP contribution in [0.25, 0.3) is 10.8 Å². The molecule has 2 rings (SSSR count). The average Bonchev–Trinajstić information content (AvgIpc) is 2.40. The van der Waals surface area contributed by atoms with Gasteiger partial charge in [0.05, 0.1) is 6.61 Å². The zero-order valence-corrected chi connectivity index (χ0v) is 9.46. The van der Waals surface area contributed by atoms with Crippen molar-refractivity contribution < 1.29 is 24.9 Å². The molecule has 5 nitrogen and oxygen atoms in total. The van der Waals surface area contributed by atoms with Crippen molar-refractivity contribution in [1.82, 2.24) is 0 Å². The molecule has 0 aliphatic rings. The lowest BCUT2D eigenvalue weighted by Gasteiger charge is -2.09. The molecule has 0 spiro atoms. The van der Waals surface area contributed by atoms with Crippen LogP contribution < -0.4 is 0 Å². The number of aliphatic hydroxyl groups excluding tert-OH is 1. The van der Waals surface area contributed by atoms with Gasteiger partial charge in [-0.25, -0.2) is 4.79 Å². The number of aliphatic hydroxyl groups is 1. The molecular weight excluding hydrogens is 236 g/mol. The van der Waals surface area contributed by atoms with E-state index < -0.39 is 5.97 Å². The van der Waals surface area contributed by atoms with Crippen molar-refractivity contribution in [3.05, 3.63) is 35.9 Å². The van der Waals surface area contributed by atoms with Crippen molar-refractivity contribution >= 4 is 16.7 Å². The number of esters is 1. The zero-order chi connectivity index (χ0) is 13.1. The van der Waals surface area contributed by atoms with Gasteiger partial charge in [-0.05, 0) is 6.07 Å². The predicted molar refractivity (Wildman–Crippen MR) is 64.6 cm³/mol. The Balaban J connectivity index is 2.52. The minimum Gasteiger partial charge on any atom is -0.507 e. The Morgan fingerprint density at radius 2 is 1.83 bits per heavy atom. The molecule has 3 N–H and O–H groups in total. The van der Waals surface area contributed by atoms with E-state index in [1.807, 2.05) is 0 Å². The van der Waals surface area contributed by atoms with E-state index >= 15 is 0 Å². The van der Waals surface area contributed by atoms with Gasteiger partial charge in [0.15, 0.2) is 0 Å². The molecule has 0 aliphatic carbocycles. The summed E-state index contributed by atoms with van der Waals surface area (Å²) in [6.07, 6.45) is 0. The first-order chi connectivity index (χ1) is 8.65. The molecule has 94 valence electrons. The molecule has 0 fully saturated rings. The third kappa shape index (κ3) is 2.08. The van der Waals surface area contributed by atoms with E-state index in [0.717, 1.165) is 6.07 Å². The molecule has 5 heteroatoms. The van der Waals surface area contributed by atoms with Crippen molar-refractivity contribution in [2.24, 2.45) is 0 Å². The largest absolute Gasteiger partial charge is 0.507 e. The Bertz CT molecular complexity index is 591. The van der Waals surface area contributed by atoms with Crippen molar-refractivity contribution in [2.45, 2.75) is 0 Å². The molecule has 0 bridgehead atoms. The first-order valence-electron chi connectivity index (χ1n) is 5.37. The van der Waals surface area contributed by atoms with Gasteiger partial charge in [0, 0.05) is 10.8 Å². The van der Waals surface area contributed by atoms with Crippen LogP contribution in [0, 0.1) is 0 Å². The Kier molecular flexibility index (Phi) is 3.34. The van der Waals surface area contributed by atoms with E-state index in [9.17, 15) is 15.0 Å². The fraction of sp³-hybridized carbons (Fsp3) is 0.154. The number of carbonyl (C=O) groups excluding carboxylic acids is 1. The molecular formula is C13H12O5. The van der Waals surface area contributed by atoms with Gasteiger partial charge in [0.1, 0.15) is 23.7 Å². The lowest BCUT2D eigenvalue weighted by molar-refractivity contribution is 0.0430. The van der Waals surface area contributed by atoms with Gasteiger partial charge >= 0.3 is 5.97 Å². The normalized spacial score (nSPS) is 10.5. The third-order valence-corrected chi connectivity index (χ3v) is 2.54. The Hall–Kier alpha value is -2.27. The van der Waals surface area contributed by atoms with Crippen molar-refractivity contribution in [2.75, 3.05) is 13.2 Å². The second kappa shape index (κ2) is 4.93. The maximum absolute atomic E-state index is 11.6. The molecule has 0 aliphatic heterocycles. The molecule has 0 radical (unpaired) electrons. The smallest absolute Gasteiger partial charge is 0.342 e. The van der Waals surface area contributed by atoms with E-state index in [1.165, 1.54) is 0 Å². The van der Waals surface area contributed by atoms with Crippen LogP contribution >= 0.6 is 0 Å². The number of rotatable bonds is 3. The summed E-state index contributed by atoms with van der Waals surface area (Å²) in [6.45, 7) is -0.460. The Morgan fingerprint density at radius 1 is 1.17 bits per heavy atom. The lowest BCUT2D eigenvalue weighted by Crippen LogP contribution is -2.09. The summed E-state index contributed by atoms with van der Waals surface area (Å²) < 4.78 is 4.70. The molecule has 0 saturated heterocycles. The van der Waals surface area contributed by atoms with Crippen LogP contribution in [0.2, 0.25) is 0 Å². The molecule has 0 amide bonds. The van der Waals surface area contributed by atoms with Gasteiger partial charge in [-0.15, -0.1) is 0 Å². The second-order valence-corrected chi connectivity index (χ2v) is 3.70. The number of aromatic hydroxyl groups is 2. The Labute approximate surface area is 103 Å². The molecule has 18 heavy (non-hydrogen) atoms. The van der Waals surface area contributed by atoms with Crippen molar-refractivity contribution in [1.29, 1.82) is 0 Å². The molecule has 2 aromatic carbocycles. The van der Waals surface area contributed by atoms with E-state index in [0.29, 0.717) is 10.8 Å². The second-order valence-electron chi connectivity index (χ2n) is 3.70. The summed E-state index contributed by atoms with van der Waals surface area (Å²) >= 11 is 0. The summed E-state index contributed by atoms with van der Waals surface area (Å²) in [7, 11) is 0. The number of hydrogen-bond acceptors (Lipinski definition) is 5. The van der Waals surface area contributed by atoms with Crippen LogP contribution in [0.4, 0.5) is 0 Å². The Morgan fingerprint density at radius 3 is 2.50 bits per heavy atom. The molecule has 2 aromatic rings. The van der Waals surface area contributed by atoms with Crippen LogP contribution in [-0.2, 0) is 4.74 Å². The maximum atomic E-state index is 11.6. The highest BCUT2D eigenvalue weighted by Crippen LogP contribution is 2.35. The van der Waals surface area contributed by atoms with E-state index in [2.05, 4.69) is 0 Å². The molecule has 0 atom stereocenters. The minimum absolute atomic E-state index is 0.112. The summed E-state index contributed by atoms with van der Waals surface area (Å²) in [4.78, 5) is 11.6. The molecule has 0 aromatic heterocycles. The molecule has 0 heterocycles. The number of ether oxygens (including phenoxy) is 1. The number of fused-ring (bicyclic) bond motifs is 1. The molecule has 0 unspecified atom stereocenters. The number of benzene rings is 2. The number of phenols is 2. The fourth-order valence-electron chi connectivity index (χ4n) is 1.71. The standard InChI is InChI=1S/C13H12O5/c14-5-6-18-13(17)10-7-11(15)8-3-1-2-4-9(8)12(10)16/h1-4,7,14-16H,5-6H2. The van der Waals surface area contributed by atoms with Crippen LogP contribution in [0.1, 0.15) is 10.4 Å². The van der Waals surface area contributed by atoms with Gasteiger partial charge in [-0.3, -0.25) is 0 Å². The van der Waals surface area contributed by atoms with Gasteiger partial charge < -0.3 is 20.1 Å². The van der Waals surface area contributed by atoms with Gasteiger partial charge in [0.25, 0.3) is 0 Å². The number of hydrogen-bond donors (Lipinski definition) is 3. The highest BCUT2D eigenvalue weighted by atomic mass is 16.5. The first-order valence-corrected chi connectivity index (χ1v) is 5.37. The lowest BCUT2D eigenvalue weighted by atomic mass is 10.0. The number of carbonyl (C=O) groups is 1. The SMILES string of the molecule is O=C(OCCO)c1cc(O)c2ccccc2c1O. The summed E-state index contributed by atoms with van der Waals surface area (Å²) in [5.74, 6) is -1.15. The van der Waals surface area contributed by atoms with E-state index in [4.69, 9.17) is 9.84 Å². The topological polar surface area (TPSA) is 87.0 Å². The maximum Gasteiger partial charge on any atom is 0.342 e. The third-order valence-electron chi connectivity index (χ3n) is 2.54. The van der Waals surface area contributed by atoms with Gasteiger partial charge in [-0.2, -0.15) is 0 Å². The quantitative estimate of drug-likeness (QED) is 0.564. The minimum atomic E-state index is -0.789. The van der Waals surface area contributed by atoms with Crippen LogP contribution in [0.15, 0.2) is 30.3 Å². The van der Waals surface area contributed by atoms with Gasteiger partial charge in [-0.1, -0.05) is 24.3 Å². The highest BCUT2D eigenvalue weighted by molar-refractivity contribution is 6.03. The van der Waals surface area contributed by atoms with E-state index in [1.54, 1.807) is 24.3 Å². The summed E-state index contributed by atoms with van der Waals surface area (Å²) in [5.41, 5.74) is -0.125. The zero-order valence-electron chi connectivity index (χ0n) is 9.46. The van der Waals surface area contributed by atoms with E-state index in [-0.39, 0.29) is 30.3 Å². The number of phenolic OH excluding ortho intramolecular Hbond substituents is 2. The fourth-order valence-corrected chi connectivity index (χ4v) is 1.71. The predicted octanol–water partition coefficient (Wildman–Crippen LogP) is 1.40. The van der Waals surface area contributed by atoms with Crippen LogP contribution in [0.3, 0.4) is 0 Å². The highest BCUT2D eigenvalue weighted by Gasteiger charge is 2.17. The monoisotopic (exact) mass is 248 g/mol. The van der Waals surface area contributed by atoms with Crippen molar-refractivity contribution in [3.8, 4) is 11.5 Å². The summed E-state index contributed by atoms with van der Waals surface area (Å²) in [6, 6.07) is 7.77. The van der Waals surface area contributed by atoms with Crippen molar-refractivity contribution in [3.63, 3.8) is 0 Å². The first kappa shape index (κ1) is 12.2. The van der Waals surface area contributed by atoms with Gasteiger partial charge in [0.2, 0.25) is 0 Å². The molecule has 0 saturated carbocycles. The average molecular weight is 248 g/mol.